The highest BCUT2D eigenvalue weighted by Gasteiger charge is 2.28. The molecule has 1 aliphatic rings. The second-order valence-corrected chi connectivity index (χ2v) is 9.20. The van der Waals surface area contributed by atoms with Gasteiger partial charge in [-0.15, -0.1) is 0 Å². The number of morpholine rings is 1. The molecule has 0 saturated carbocycles. The summed E-state index contributed by atoms with van der Waals surface area (Å²) in [6.07, 6.45) is 1.04. The van der Waals surface area contributed by atoms with Gasteiger partial charge in [-0.2, -0.15) is 4.31 Å². The van der Waals surface area contributed by atoms with E-state index in [0.717, 1.165) is 6.42 Å². The lowest BCUT2D eigenvalue weighted by Crippen LogP contribution is -2.40. The van der Waals surface area contributed by atoms with E-state index in [-0.39, 0.29) is 10.5 Å². The Morgan fingerprint density at radius 1 is 1.17 bits per heavy atom. The Morgan fingerprint density at radius 2 is 1.83 bits per heavy atom. The third kappa shape index (κ3) is 4.83. The van der Waals surface area contributed by atoms with Crippen LogP contribution in [0.3, 0.4) is 0 Å². The summed E-state index contributed by atoms with van der Waals surface area (Å²) in [7, 11) is -2.27. The Morgan fingerprint density at radius 3 is 2.43 bits per heavy atom. The van der Waals surface area contributed by atoms with Crippen LogP contribution in [-0.2, 0) is 14.8 Å². The van der Waals surface area contributed by atoms with Crippen LogP contribution in [0.5, 0.6) is 5.75 Å². The summed E-state index contributed by atoms with van der Waals surface area (Å²) < 4.78 is 37.8. The molecular weight excluding hydrogens is 404 g/mol. The molecule has 7 nitrogen and oxygen atoms in total. The van der Waals surface area contributed by atoms with Crippen LogP contribution in [0, 0.1) is 0 Å². The third-order valence-electron chi connectivity index (χ3n) is 5.37. The Hall–Kier alpha value is -2.42. The van der Waals surface area contributed by atoms with Crippen LogP contribution in [0.2, 0.25) is 0 Å². The molecule has 2 aromatic rings. The van der Waals surface area contributed by atoms with Crippen molar-refractivity contribution in [2.45, 2.75) is 31.1 Å². The van der Waals surface area contributed by atoms with E-state index in [2.05, 4.69) is 19.2 Å². The Labute approximate surface area is 178 Å². The molecule has 1 N–H and O–H groups in total. The summed E-state index contributed by atoms with van der Waals surface area (Å²) in [4.78, 5) is 13.0. The third-order valence-corrected chi connectivity index (χ3v) is 7.27. The minimum Gasteiger partial charge on any atom is -0.496 e. The second kappa shape index (κ2) is 9.59. The maximum atomic E-state index is 12.9. The molecule has 0 radical (unpaired) electrons. The van der Waals surface area contributed by atoms with E-state index in [1.165, 1.54) is 35.2 Å². The average molecular weight is 433 g/mol. The predicted molar refractivity (Wildman–Crippen MR) is 116 cm³/mol. The highest BCUT2D eigenvalue weighted by atomic mass is 32.2. The number of nitrogens with one attached hydrogen (secondary N) is 1. The fourth-order valence-electron chi connectivity index (χ4n) is 3.29. The lowest BCUT2D eigenvalue weighted by atomic mass is 9.98. The summed E-state index contributed by atoms with van der Waals surface area (Å²) >= 11 is 0. The average Bonchev–Trinajstić information content (AvgIpc) is 2.79. The highest BCUT2D eigenvalue weighted by Crippen LogP contribution is 2.27. The summed E-state index contributed by atoms with van der Waals surface area (Å²) in [5, 5.41) is 2.83. The van der Waals surface area contributed by atoms with Gasteiger partial charge < -0.3 is 14.8 Å². The van der Waals surface area contributed by atoms with Gasteiger partial charge in [0.05, 0.1) is 30.8 Å². The number of carbonyl (C=O) groups is 1. The van der Waals surface area contributed by atoms with Crippen molar-refractivity contribution >= 4 is 21.6 Å². The van der Waals surface area contributed by atoms with Crippen molar-refractivity contribution < 1.29 is 22.7 Å². The first-order valence-corrected chi connectivity index (χ1v) is 11.5. The van der Waals surface area contributed by atoms with Crippen molar-refractivity contribution in [2.75, 3.05) is 38.7 Å². The molecule has 1 fully saturated rings. The molecule has 0 spiro atoms. The molecule has 1 amide bonds. The van der Waals surface area contributed by atoms with Crippen LogP contribution in [-0.4, -0.2) is 52.0 Å². The van der Waals surface area contributed by atoms with Crippen LogP contribution in [0.25, 0.3) is 0 Å². The van der Waals surface area contributed by atoms with Gasteiger partial charge in [0.1, 0.15) is 5.75 Å². The number of carbonyl (C=O) groups excluding carboxylic acids is 1. The predicted octanol–water partition coefficient (Wildman–Crippen LogP) is 3.48. The number of hydrogen-bond donors (Lipinski definition) is 1. The zero-order valence-corrected chi connectivity index (χ0v) is 18.4. The van der Waals surface area contributed by atoms with Gasteiger partial charge in [0.2, 0.25) is 10.0 Å². The van der Waals surface area contributed by atoms with E-state index < -0.39 is 15.9 Å². The van der Waals surface area contributed by atoms with E-state index >= 15 is 0 Å². The fourth-order valence-corrected chi connectivity index (χ4v) is 4.72. The minimum atomic E-state index is -3.72. The van der Waals surface area contributed by atoms with E-state index in [0.29, 0.717) is 43.7 Å². The summed E-state index contributed by atoms with van der Waals surface area (Å²) in [6, 6.07) is 12.0. The normalized spacial score (nSPS) is 16.1. The Kier molecular flexibility index (Phi) is 7.12. The number of sulfonamides is 1. The SMILES string of the molecule is CCC(C)c1ccc(NC(=O)c2cc(S(=O)(=O)N3CCOCC3)ccc2OC)cc1. The van der Waals surface area contributed by atoms with Crippen LogP contribution in [0.1, 0.15) is 42.1 Å². The van der Waals surface area contributed by atoms with Gasteiger partial charge in [0, 0.05) is 18.8 Å². The van der Waals surface area contributed by atoms with Gasteiger partial charge in [0.15, 0.2) is 0 Å². The van der Waals surface area contributed by atoms with Crippen molar-refractivity contribution in [1.29, 1.82) is 0 Å². The number of anilines is 1. The summed E-state index contributed by atoms with van der Waals surface area (Å²) in [5.41, 5.74) is 2.00. The fraction of sp³-hybridized carbons (Fsp3) is 0.409. The van der Waals surface area contributed by atoms with Gasteiger partial charge in [-0.05, 0) is 48.2 Å². The standard InChI is InChI=1S/C22H28N2O5S/c1-4-16(2)17-5-7-18(8-6-17)23-22(25)20-15-19(9-10-21(20)28-3)30(26,27)24-11-13-29-14-12-24/h5-10,15-16H,4,11-14H2,1-3H3,(H,23,25). The molecule has 0 bridgehead atoms. The van der Waals surface area contributed by atoms with Crippen molar-refractivity contribution in [2.24, 2.45) is 0 Å². The second-order valence-electron chi connectivity index (χ2n) is 7.26. The Balaban J connectivity index is 1.85. The quantitative estimate of drug-likeness (QED) is 0.724. The summed E-state index contributed by atoms with van der Waals surface area (Å²) in [6.45, 7) is 5.57. The molecule has 30 heavy (non-hydrogen) atoms. The van der Waals surface area contributed by atoms with Crippen LogP contribution >= 0.6 is 0 Å². The first-order chi connectivity index (χ1) is 14.4. The molecule has 0 aromatic heterocycles. The van der Waals surface area contributed by atoms with Crippen molar-refractivity contribution in [3.05, 3.63) is 53.6 Å². The monoisotopic (exact) mass is 432 g/mol. The smallest absolute Gasteiger partial charge is 0.259 e. The van der Waals surface area contributed by atoms with Gasteiger partial charge in [-0.25, -0.2) is 8.42 Å². The van der Waals surface area contributed by atoms with Crippen LogP contribution < -0.4 is 10.1 Å². The molecule has 1 atom stereocenters. The lowest BCUT2D eigenvalue weighted by molar-refractivity contribution is 0.0730. The molecule has 1 unspecified atom stereocenters. The number of nitrogens with zero attached hydrogens (tertiary/aromatic N) is 1. The lowest BCUT2D eigenvalue weighted by Gasteiger charge is -2.26. The number of amides is 1. The van der Waals surface area contributed by atoms with Crippen LogP contribution in [0.4, 0.5) is 5.69 Å². The van der Waals surface area contributed by atoms with Gasteiger partial charge in [-0.1, -0.05) is 26.0 Å². The van der Waals surface area contributed by atoms with Crippen molar-refractivity contribution in [3.63, 3.8) is 0 Å². The molecule has 2 aromatic carbocycles. The van der Waals surface area contributed by atoms with Gasteiger partial charge >= 0.3 is 0 Å². The zero-order valence-electron chi connectivity index (χ0n) is 17.6. The number of methoxy groups -OCH3 is 1. The topological polar surface area (TPSA) is 84.9 Å². The highest BCUT2D eigenvalue weighted by molar-refractivity contribution is 7.89. The number of benzene rings is 2. The largest absolute Gasteiger partial charge is 0.496 e. The van der Waals surface area contributed by atoms with Crippen molar-refractivity contribution in [1.82, 2.24) is 4.31 Å². The van der Waals surface area contributed by atoms with E-state index in [1.54, 1.807) is 0 Å². The molecule has 0 aliphatic carbocycles. The molecule has 1 aliphatic heterocycles. The number of ether oxygens (including phenoxy) is 2. The maximum Gasteiger partial charge on any atom is 0.259 e. The molecule has 8 heteroatoms. The number of hydrogen-bond acceptors (Lipinski definition) is 5. The van der Waals surface area contributed by atoms with E-state index in [9.17, 15) is 13.2 Å². The zero-order chi connectivity index (χ0) is 21.7. The molecule has 162 valence electrons. The molecule has 1 saturated heterocycles. The first kappa shape index (κ1) is 22.3. The molecular formula is C22H28N2O5S. The summed E-state index contributed by atoms with van der Waals surface area (Å²) in [5.74, 6) is 0.323. The van der Waals surface area contributed by atoms with Gasteiger partial charge in [0.25, 0.3) is 5.91 Å². The van der Waals surface area contributed by atoms with Crippen molar-refractivity contribution in [3.8, 4) is 5.75 Å². The van der Waals surface area contributed by atoms with Crippen LogP contribution in [0.15, 0.2) is 47.4 Å². The van der Waals surface area contributed by atoms with E-state index in [1.807, 2.05) is 24.3 Å². The Bertz CT molecular complexity index is 983. The maximum absolute atomic E-state index is 12.9. The minimum absolute atomic E-state index is 0.0578. The number of rotatable bonds is 7. The molecule has 1 heterocycles. The molecule has 3 rings (SSSR count). The van der Waals surface area contributed by atoms with E-state index in [4.69, 9.17) is 9.47 Å². The van der Waals surface area contributed by atoms with Gasteiger partial charge in [-0.3, -0.25) is 4.79 Å². The first-order valence-electron chi connectivity index (χ1n) is 10.0.